The van der Waals surface area contributed by atoms with E-state index in [1.807, 2.05) is 6.20 Å². The average molecular weight is 209 g/mol. The lowest BCUT2D eigenvalue weighted by molar-refractivity contribution is 1.09. The van der Waals surface area contributed by atoms with Gasteiger partial charge in [-0.1, -0.05) is 23.8 Å². The maximum Gasteiger partial charge on any atom is 0.0528 e. The van der Waals surface area contributed by atoms with E-state index in [0.29, 0.717) is 0 Å². The largest absolute Gasteiger partial charge is 0.260 e. The van der Waals surface area contributed by atoms with Gasteiger partial charge in [0, 0.05) is 18.2 Å². The van der Waals surface area contributed by atoms with Gasteiger partial charge in [-0.05, 0) is 43.0 Å². The molecule has 1 heterocycles. The summed E-state index contributed by atoms with van der Waals surface area (Å²) in [5.41, 5.74) is 9.42. The molecule has 2 aromatic rings. The molecule has 0 unspecified atom stereocenters. The Bertz CT molecular complexity index is 582. The van der Waals surface area contributed by atoms with Gasteiger partial charge in [-0.15, -0.1) is 0 Å². The highest BCUT2D eigenvalue weighted by molar-refractivity contribution is 5.79. The minimum atomic E-state index is 0.992. The molecule has 0 N–H and O–H groups in total. The van der Waals surface area contributed by atoms with Crippen molar-refractivity contribution in [2.45, 2.75) is 27.2 Å². The van der Waals surface area contributed by atoms with Gasteiger partial charge in [0.2, 0.25) is 0 Å². The minimum absolute atomic E-state index is 0.992. The highest BCUT2D eigenvalue weighted by Crippen LogP contribution is 2.38. The first-order chi connectivity index (χ1) is 7.66. The molecule has 1 nitrogen and oxygen atoms in total. The van der Waals surface area contributed by atoms with Gasteiger partial charge in [0.05, 0.1) is 5.69 Å². The van der Waals surface area contributed by atoms with Crippen LogP contribution in [0.1, 0.15) is 27.9 Å². The fourth-order valence-corrected chi connectivity index (χ4v) is 2.50. The Labute approximate surface area is 96.2 Å². The summed E-state index contributed by atoms with van der Waals surface area (Å²) in [7, 11) is 0. The zero-order valence-corrected chi connectivity index (χ0v) is 9.96. The van der Waals surface area contributed by atoms with Crippen molar-refractivity contribution < 1.29 is 0 Å². The predicted molar refractivity (Wildman–Crippen MR) is 66.7 cm³/mol. The number of nitrogens with zero attached hydrogens (tertiary/aromatic N) is 1. The first kappa shape index (κ1) is 9.59. The lowest BCUT2D eigenvalue weighted by Crippen LogP contribution is -1.92. The Hall–Kier alpha value is -1.63. The van der Waals surface area contributed by atoms with Crippen molar-refractivity contribution in [1.29, 1.82) is 0 Å². The fourth-order valence-electron chi connectivity index (χ4n) is 2.50. The SMILES string of the molecule is Cc1ccc2c(c1)-c1c(ncc(C)c1C)C2. The molecule has 0 atom stereocenters. The van der Waals surface area contributed by atoms with Crippen molar-refractivity contribution in [1.82, 2.24) is 4.98 Å². The number of rotatable bonds is 0. The van der Waals surface area contributed by atoms with Gasteiger partial charge in [-0.3, -0.25) is 4.98 Å². The van der Waals surface area contributed by atoms with Crippen LogP contribution in [0, 0.1) is 20.8 Å². The molecule has 1 heteroatoms. The topological polar surface area (TPSA) is 12.9 Å². The molecule has 0 aliphatic heterocycles. The lowest BCUT2D eigenvalue weighted by atomic mass is 9.99. The van der Waals surface area contributed by atoms with E-state index in [2.05, 4.69) is 44.0 Å². The average Bonchev–Trinajstić information content (AvgIpc) is 2.62. The summed E-state index contributed by atoms with van der Waals surface area (Å²) < 4.78 is 0. The molecule has 0 spiro atoms. The molecule has 1 aliphatic rings. The summed E-state index contributed by atoms with van der Waals surface area (Å²) in [5, 5.41) is 0. The second-order valence-corrected chi connectivity index (χ2v) is 4.73. The van der Waals surface area contributed by atoms with Crippen LogP contribution in [0.2, 0.25) is 0 Å². The van der Waals surface area contributed by atoms with Crippen molar-refractivity contribution in [3.05, 3.63) is 52.3 Å². The third-order valence-electron chi connectivity index (χ3n) is 3.56. The van der Waals surface area contributed by atoms with Crippen molar-refractivity contribution in [2.24, 2.45) is 0 Å². The van der Waals surface area contributed by atoms with E-state index < -0.39 is 0 Å². The van der Waals surface area contributed by atoms with E-state index in [4.69, 9.17) is 0 Å². The second kappa shape index (κ2) is 3.18. The van der Waals surface area contributed by atoms with Gasteiger partial charge < -0.3 is 0 Å². The van der Waals surface area contributed by atoms with E-state index in [0.717, 1.165) is 6.42 Å². The van der Waals surface area contributed by atoms with Crippen LogP contribution in [0.3, 0.4) is 0 Å². The van der Waals surface area contributed by atoms with Gasteiger partial charge in [0.25, 0.3) is 0 Å². The van der Waals surface area contributed by atoms with Crippen molar-refractivity contribution in [3.63, 3.8) is 0 Å². The molecule has 0 saturated heterocycles. The predicted octanol–water partition coefficient (Wildman–Crippen LogP) is 3.58. The standard InChI is InChI=1S/C15H15N/c1-9-4-5-12-7-14-15(13(12)6-9)11(3)10(2)8-16-14/h4-6,8H,7H2,1-3H3. The Kier molecular flexibility index (Phi) is 1.90. The van der Waals surface area contributed by atoms with E-state index in [1.54, 1.807) is 0 Å². The summed E-state index contributed by atoms with van der Waals surface area (Å²) >= 11 is 0. The summed E-state index contributed by atoms with van der Waals surface area (Å²) in [5.74, 6) is 0. The Morgan fingerprint density at radius 1 is 1.12 bits per heavy atom. The summed E-state index contributed by atoms with van der Waals surface area (Å²) in [6, 6.07) is 6.71. The number of pyridine rings is 1. The third-order valence-corrected chi connectivity index (χ3v) is 3.56. The molecule has 0 saturated carbocycles. The lowest BCUT2D eigenvalue weighted by Gasteiger charge is -2.08. The number of fused-ring (bicyclic) bond motifs is 3. The Morgan fingerprint density at radius 3 is 2.75 bits per heavy atom. The maximum absolute atomic E-state index is 4.56. The Morgan fingerprint density at radius 2 is 1.94 bits per heavy atom. The van der Waals surface area contributed by atoms with Gasteiger partial charge in [0.1, 0.15) is 0 Å². The molecule has 1 aliphatic carbocycles. The molecule has 16 heavy (non-hydrogen) atoms. The van der Waals surface area contributed by atoms with Gasteiger partial charge in [-0.2, -0.15) is 0 Å². The van der Waals surface area contributed by atoms with E-state index in [1.165, 1.54) is 39.1 Å². The monoisotopic (exact) mass is 209 g/mol. The van der Waals surface area contributed by atoms with Crippen LogP contribution >= 0.6 is 0 Å². The van der Waals surface area contributed by atoms with Crippen LogP contribution < -0.4 is 0 Å². The molecule has 1 aromatic heterocycles. The number of hydrogen-bond donors (Lipinski definition) is 0. The quantitative estimate of drug-likeness (QED) is 0.551. The summed E-state index contributed by atoms with van der Waals surface area (Å²) in [4.78, 5) is 4.56. The van der Waals surface area contributed by atoms with Crippen LogP contribution in [0.4, 0.5) is 0 Å². The molecule has 3 rings (SSSR count). The van der Waals surface area contributed by atoms with Crippen LogP contribution in [0.15, 0.2) is 24.4 Å². The molecular formula is C15H15N. The fraction of sp³-hybridized carbons (Fsp3) is 0.267. The molecule has 0 fully saturated rings. The molecule has 0 radical (unpaired) electrons. The van der Waals surface area contributed by atoms with E-state index >= 15 is 0 Å². The number of hydrogen-bond acceptors (Lipinski definition) is 1. The number of benzene rings is 1. The Balaban J connectivity index is 2.34. The molecule has 1 aromatic carbocycles. The number of aromatic nitrogens is 1. The van der Waals surface area contributed by atoms with E-state index in [-0.39, 0.29) is 0 Å². The normalized spacial score (nSPS) is 12.4. The van der Waals surface area contributed by atoms with Crippen LogP contribution in [0.5, 0.6) is 0 Å². The van der Waals surface area contributed by atoms with Crippen molar-refractivity contribution in [2.75, 3.05) is 0 Å². The highest BCUT2D eigenvalue weighted by atomic mass is 14.7. The summed E-state index contributed by atoms with van der Waals surface area (Å²) in [6.07, 6.45) is 2.99. The van der Waals surface area contributed by atoms with Crippen LogP contribution in [-0.4, -0.2) is 4.98 Å². The van der Waals surface area contributed by atoms with E-state index in [9.17, 15) is 0 Å². The zero-order valence-electron chi connectivity index (χ0n) is 9.96. The zero-order chi connectivity index (χ0) is 11.3. The van der Waals surface area contributed by atoms with Gasteiger partial charge in [-0.25, -0.2) is 0 Å². The summed E-state index contributed by atoms with van der Waals surface area (Å²) in [6.45, 7) is 6.49. The first-order valence-electron chi connectivity index (χ1n) is 5.72. The van der Waals surface area contributed by atoms with Crippen LogP contribution in [-0.2, 0) is 6.42 Å². The van der Waals surface area contributed by atoms with Crippen molar-refractivity contribution >= 4 is 0 Å². The molecular weight excluding hydrogens is 194 g/mol. The smallest absolute Gasteiger partial charge is 0.0528 e. The van der Waals surface area contributed by atoms with Crippen LogP contribution in [0.25, 0.3) is 11.1 Å². The molecule has 0 bridgehead atoms. The highest BCUT2D eigenvalue weighted by Gasteiger charge is 2.21. The second-order valence-electron chi connectivity index (χ2n) is 4.73. The van der Waals surface area contributed by atoms with Gasteiger partial charge in [0.15, 0.2) is 0 Å². The van der Waals surface area contributed by atoms with Crippen molar-refractivity contribution in [3.8, 4) is 11.1 Å². The van der Waals surface area contributed by atoms with Gasteiger partial charge >= 0.3 is 0 Å². The minimum Gasteiger partial charge on any atom is -0.260 e. The molecule has 80 valence electrons. The molecule has 0 amide bonds. The number of aryl methyl sites for hydroxylation is 2. The maximum atomic E-state index is 4.56. The first-order valence-corrected chi connectivity index (χ1v) is 5.72. The third kappa shape index (κ3) is 1.21.